The fourth-order valence-corrected chi connectivity index (χ4v) is 6.97. The van der Waals surface area contributed by atoms with Crippen molar-refractivity contribution >= 4 is 50.0 Å². The number of para-hydroxylation sites is 1. The third kappa shape index (κ3) is 5.91. The quantitative estimate of drug-likeness (QED) is 0.182. The second-order valence-electron chi connectivity index (χ2n) is 11.0. The van der Waals surface area contributed by atoms with Gasteiger partial charge in [-0.25, -0.2) is 4.98 Å². The van der Waals surface area contributed by atoms with Gasteiger partial charge in [0.1, 0.15) is 5.01 Å². The number of aliphatic hydroxyl groups is 1. The van der Waals surface area contributed by atoms with E-state index in [-0.39, 0.29) is 36.0 Å². The summed E-state index contributed by atoms with van der Waals surface area (Å²) in [5, 5.41) is 14.5. The topological polar surface area (TPSA) is 103 Å². The number of aromatic nitrogens is 2. The van der Waals surface area contributed by atoms with Crippen molar-refractivity contribution in [3.8, 4) is 10.6 Å². The van der Waals surface area contributed by atoms with E-state index in [2.05, 4.69) is 24.4 Å². The average Bonchev–Trinajstić information content (AvgIpc) is 3.62. The first-order valence-electron chi connectivity index (χ1n) is 14.9. The lowest BCUT2D eigenvalue weighted by molar-refractivity contribution is -0.164. The lowest BCUT2D eigenvalue weighted by Gasteiger charge is -2.36. The summed E-state index contributed by atoms with van der Waals surface area (Å²) in [5.74, 6) is -0.804. The Morgan fingerprint density at radius 3 is 2.66 bits per heavy atom. The molecule has 1 amide bonds. The Kier molecular flexibility index (Phi) is 8.61. The molecule has 3 heterocycles. The van der Waals surface area contributed by atoms with Crippen LogP contribution in [0.2, 0.25) is 0 Å². The SMILES string of the molecule is CCO[C@H]1OC(C(=O)Nc2ccc(-c3nc4ccc(C)cc4s3)cc2)=C[C@@H](c2cn(C(C)=O)c3ccccc23)[C@@H]1CCCO. The van der Waals surface area contributed by atoms with Gasteiger partial charge in [-0.05, 0) is 86.4 Å². The number of carbonyl (C=O) groups is 2. The average molecular weight is 610 g/mol. The van der Waals surface area contributed by atoms with Crippen molar-refractivity contribution in [3.63, 3.8) is 0 Å². The molecule has 0 saturated carbocycles. The number of aryl methyl sites for hydroxylation is 1. The van der Waals surface area contributed by atoms with Crippen LogP contribution < -0.4 is 5.32 Å². The Bertz CT molecular complexity index is 1860. The van der Waals surface area contributed by atoms with Crippen molar-refractivity contribution in [2.45, 2.75) is 45.8 Å². The third-order valence-electron chi connectivity index (χ3n) is 8.01. The van der Waals surface area contributed by atoms with Crippen molar-refractivity contribution in [3.05, 3.63) is 95.9 Å². The zero-order chi connectivity index (χ0) is 30.8. The number of rotatable bonds is 9. The van der Waals surface area contributed by atoms with Gasteiger partial charge in [0.2, 0.25) is 12.2 Å². The van der Waals surface area contributed by atoms with Gasteiger partial charge in [0.25, 0.3) is 5.91 Å². The normalized spacial score (nSPS) is 18.3. The van der Waals surface area contributed by atoms with Crippen LogP contribution in [-0.4, -0.2) is 46.0 Å². The number of hydrogen-bond donors (Lipinski definition) is 2. The first kappa shape index (κ1) is 29.7. The van der Waals surface area contributed by atoms with Crippen LogP contribution in [0.25, 0.3) is 31.7 Å². The molecule has 6 rings (SSSR count). The first-order chi connectivity index (χ1) is 21.4. The Morgan fingerprint density at radius 2 is 1.91 bits per heavy atom. The molecule has 226 valence electrons. The van der Waals surface area contributed by atoms with Crippen molar-refractivity contribution in [2.75, 3.05) is 18.5 Å². The molecule has 0 saturated heterocycles. The van der Waals surface area contributed by atoms with Crippen molar-refractivity contribution < 1.29 is 24.2 Å². The predicted octanol–water partition coefficient (Wildman–Crippen LogP) is 7.27. The van der Waals surface area contributed by atoms with Gasteiger partial charge in [0.05, 0.1) is 15.7 Å². The fraction of sp³-hybridized carbons (Fsp3) is 0.286. The molecule has 1 aliphatic heterocycles. The molecular formula is C35H35N3O5S. The van der Waals surface area contributed by atoms with E-state index < -0.39 is 6.29 Å². The van der Waals surface area contributed by atoms with Gasteiger partial charge in [-0.15, -0.1) is 11.3 Å². The summed E-state index contributed by atoms with van der Waals surface area (Å²) in [5.41, 5.74) is 5.48. The molecule has 2 aromatic heterocycles. The van der Waals surface area contributed by atoms with Gasteiger partial charge in [-0.3, -0.25) is 14.2 Å². The number of thiazole rings is 1. The zero-order valence-electron chi connectivity index (χ0n) is 24.9. The molecule has 0 spiro atoms. The van der Waals surface area contributed by atoms with Crippen molar-refractivity contribution in [1.29, 1.82) is 0 Å². The van der Waals surface area contributed by atoms with Gasteiger partial charge < -0.3 is 19.9 Å². The summed E-state index contributed by atoms with van der Waals surface area (Å²) < 4.78 is 15.0. The maximum atomic E-state index is 13.6. The number of ether oxygens (including phenoxy) is 2. The van der Waals surface area contributed by atoms with Gasteiger partial charge in [-0.2, -0.15) is 0 Å². The fourth-order valence-electron chi connectivity index (χ4n) is 5.90. The highest BCUT2D eigenvalue weighted by Gasteiger charge is 2.39. The lowest BCUT2D eigenvalue weighted by Crippen LogP contribution is -2.37. The van der Waals surface area contributed by atoms with Gasteiger partial charge in [-0.1, -0.05) is 24.3 Å². The number of hydrogen-bond acceptors (Lipinski definition) is 7. The second-order valence-corrected chi connectivity index (χ2v) is 12.1. The summed E-state index contributed by atoms with van der Waals surface area (Å²) in [6.07, 6.45) is 4.15. The molecule has 0 bridgehead atoms. The van der Waals surface area contributed by atoms with Crippen LogP contribution in [0, 0.1) is 12.8 Å². The van der Waals surface area contributed by atoms with E-state index in [0.29, 0.717) is 25.1 Å². The maximum absolute atomic E-state index is 13.6. The molecule has 9 heteroatoms. The van der Waals surface area contributed by atoms with Gasteiger partial charge in [0.15, 0.2) is 5.76 Å². The van der Waals surface area contributed by atoms with E-state index >= 15 is 0 Å². The summed E-state index contributed by atoms with van der Waals surface area (Å²) in [6, 6.07) is 21.6. The Labute approximate surface area is 259 Å². The number of benzene rings is 3. The molecular weight excluding hydrogens is 574 g/mol. The minimum atomic E-state index is -0.702. The molecule has 5 aromatic rings. The van der Waals surface area contributed by atoms with Crippen LogP contribution in [0.3, 0.4) is 0 Å². The number of aliphatic hydroxyl groups excluding tert-OH is 1. The predicted molar refractivity (Wildman–Crippen MR) is 174 cm³/mol. The Morgan fingerprint density at radius 1 is 1.11 bits per heavy atom. The van der Waals surface area contributed by atoms with E-state index in [0.717, 1.165) is 37.3 Å². The summed E-state index contributed by atoms with van der Waals surface area (Å²) >= 11 is 1.64. The molecule has 3 atom stereocenters. The minimum absolute atomic E-state index is 0.0288. The third-order valence-corrected chi connectivity index (χ3v) is 9.08. The van der Waals surface area contributed by atoms with Crippen molar-refractivity contribution in [2.24, 2.45) is 5.92 Å². The van der Waals surface area contributed by atoms with E-state index in [1.165, 1.54) is 12.5 Å². The smallest absolute Gasteiger partial charge is 0.290 e. The highest BCUT2D eigenvalue weighted by molar-refractivity contribution is 7.21. The molecule has 0 unspecified atom stereocenters. The monoisotopic (exact) mass is 609 g/mol. The highest BCUT2D eigenvalue weighted by atomic mass is 32.1. The summed E-state index contributed by atoms with van der Waals surface area (Å²) in [6.45, 7) is 5.91. The summed E-state index contributed by atoms with van der Waals surface area (Å²) in [7, 11) is 0. The van der Waals surface area contributed by atoms with Crippen LogP contribution in [0.1, 0.15) is 48.5 Å². The molecule has 1 aliphatic rings. The molecule has 0 radical (unpaired) electrons. The van der Waals surface area contributed by atoms with Crippen LogP contribution in [0.4, 0.5) is 5.69 Å². The number of nitrogens with one attached hydrogen (secondary N) is 1. The second kappa shape index (κ2) is 12.7. The van der Waals surface area contributed by atoms with Crippen LogP contribution in [-0.2, 0) is 14.3 Å². The largest absolute Gasteiger partial charge is 0.459 e. The first-order valence-corrected chi connectivity index (χ1v) is 15.7. The van der Waals surface area contributed by atoms with Crippen molar-refractivity contribution in [1.82, 2.24) is 9.55 Å². The number of amides is 1. The molecule has 0 aliphatic carbocycles. The van der Waals surface area contributed by atoms with Gasteiger partial charge in [0, 0.05) is 54.8 Å². The number of anilines is 1. The Hall–Kier alpha value is -4.31. The highest BCUT2D eigenvalue weighted by Crippen LogP contribution is 2.42. The van der Waals surface area contributed by atoms with Gasteiger partial charge >= 0.3 is 0 Å². The number of carbonyl (C=O) groups excluding carboxylic acids is 2. The van der Waals surface area contributed by atoms with E-state index in [1.807, 2.05) is 73.8 Å². The number of fused-ring (bicyclic) bond motifs is 2. The number of nitrogens with zero attached hydrogens (tertiary/aromatic N) is 2. The van der Waals surface area contributed by atoms with Crippen LogP contribution >= 0.6 is 11.3 Å². The van der Waals surface area contributed by atoms with Crippen LogP contribution in [0.15, 0.2) is 84.8 Å². The molecule has 8 nitrogen and oxygen atoms in total. The van der Waals surface area contributed by atoms with Crippen LogP contribution in [0.5, 0.6) is 0 Å². The lowest BCUT2D eigenvalue weighted by atomic mass is 9.80. The molecule has 2 N–H and O–H groups in total. The Balaban J connectivity index is 1.31. The maximum Gasteiger partial charge on any atom is 0.290 e. The van der Waals surface area contributed by atoms with E-state index in [1.54, 1.807) is 15.9 Å². The number of allylic oxidation sites excluding steroid dienone is 1. The zero-order valence-corrected chi connectivity index (χ0v) is 25.8. The molecule has 44 heavy (non-hydrogen) atoms. The standard InChI is InChI=1S/C35H35N3O5S/c1-4-42-35-26(9-7-17-39)27(28-20-38(22(3)40)30-10-6-5-8-25(28)30)19-31(43-35)33(41)36-24-14-12-23(13-15-24)34-37-29-16-11-21(2)18-32(29)44-34/h5-6,8,10-16,18-20,26-27,35,39H,4,7,9,17H2,1-3H3,(H,36,41)/t26-,27+,35-/m0/s1. The van der Waals surface area contributed by atoms with E-state index in [9.17, 15) is 14.7 Å². The molecule has 0 fully saturated rings. The minimum Gasteiger partial charge on any atom is -0.459 e. The van der Waals surface area contributed by atoms with E-state index in [4.69, 9.17) is 14.5 Å². The molecule has 3 aromatic carbocycles. The summed E-state index contributed by atoms with van der Waals surface area (Å²) in [4.78, 5) is 30.9.